The van der Waals surface area contributed by atoms with Gasteiger partial charge in [-0.1, -0.05) is 19.9 Å². The number of methoxy groups -OCH3 is 1. The maximum absolute atomic E-state index is 12.3. The first-order chi connectivity index (χ1) is 11.0. The summed E-state index contributed by atoms with van der Waals surface area (Å²) in [4.78, 5) is 12.3. The molecule has 0 atom stereocenters. The van der Waals surface area contributed by atoms with Gasteiger partial charge in [0.05, 0.1) is 19.4 Å². The first-order valence-electron chi connectivity index (χ1n) is 7.47. The molecule has 5 nitrogen and oxygen atoms in total. The topological polar surface area (TPSA) is 73.6 Å². The highest BCUT2D eigenvalue weighted by Gasteiger charge is 2.09. The lowest BCUT2D eigenvalue weighted by molar-refractivity contribution is 0.102. The standard InChI is InChI=1S/C18H22N2O3/c1-12(2)11-23-15-6-4-5-13(9-15)18(21)20-14-7-8-17(22-3)16(19)10-14/h4-10,12H,11,19H2,1-3H3,(H,20,21). The molecule has 0 aromatic heterocycles. The predicted octanol–water partition coefficient (Wildman–Crippen LogP) is 3.56. The fraction of sp³-hybridized carbons (Fsp3) is 0.278. The second-order valence-electron chi connectivity index (χ2n) is 5.64. The number of rotatable bonds is 6. The van der Waals surface area contributed by atoms with Crippen molar-refractivity contribution in [3.05, 3.63) is 48.0 Å². The Labute approximate surface area is 136 Å². The Morgan fingerprint density at radius 3 is 2.65 bits per heavy atom. The highest BCUT2D eigenvalue weighted by Crippen LogP contribution is 2.25. The van der Waals surface area contributed by atoms with Gasteiger partial charge in [0.15, 0.2) is 0 Å². The maximum atomic E-state index is 12.3. The smallest absolute Gasteiger partial charge is 0.255 e. The second-order valence-corrected chi connectivity index (χ2v) is 5.64. The molecule has 0 aliphatic heterocycles. The molecule has 2 aromatic rings. The van der Waals surface area contributed by atoms with Crippen LogP contribution >= 0.6 is 0 Å². The molecule has 23 heavy (non-hydrogen) atoms. The number of carbonyl (C=O) groups is 1. The number of ether oxygens (including phenoxy) is 2. The number of nitrogens with one attached hydrogen (secondary N) is 1. The fourth-order valence-electron chi connectivity index (χ4n) is 2.01. The van der Waals surface area contributed by atoms with Gasteiger partial charge in [0.25, 0.3) is 5.91 Å². The molecule has 2 aromatic carbocycles. The van der Waals surface area contributed by atoms with Crippen LogP contribution in [0.25, 0.3) is 0 Å². The lowest BCUT2D eigenvalue weighted by Gasteiger charge is -2.11. The Bertz CT molecular complexity index is 684. The monoisotopic (exact) mass is 314 g/mol. The molecular formula is C18H22N2O3. The molecule has 0 saturated carbocycles. The van der Waals surface area contributed by atoms with Gasteiger partial charge >= 0.3 is 0 Å². The van der Waals surface area contributed by atoms with Crippen molar-refractivity contribution in [3.63, 3.8) is 0 Å². The summed E-state index contributed by atoms with van der Waals surface area (Å²) in [7, 11) is 1.55. The quantitative estimate of drug-likeness (QED) is 0.800. The molecule has 0 spiro atoms. The molecule has 0 aliphatic carbocycles. The lowest BCUT2D eigenvalue weighted by Crippen LogP contribution is -2.12. The second kappa shape index (κ2) is 7.54. The van der Waals surface area contributed by atoms with Crippen molar-refractivity contribution in [2.75, 3.05) is 24.8 Å². The third-order valence-corrected chi connectivity index (χ3v) is 3.17. The summed E-state index contributed by atoms with van der Waals surface area (Å²) in [6.07, 6.45) is 0. The van der Waals surface area contributed by atoms with Crippen LogP contribution < -0.4 is 20.5 Å². The van der Waals surface area contributed by atoms with E-state index in [-0.39, 0.29) is 5.91 Å². The Kier molecular flexibility index (Phi) is 5.46. The van der Waals surface area contributed by atoms with Crippen LogP contribution in [0.1, 0.15) is 24.2 Å². The summed E-state index contributed by atoms with van der Waals surface area (Å²) in [5.41, 5.74) is 7.45. The lowest BCUT2D eigenvalue weighted by atomic mass is 10.2. The van der Waals surface area contributed by atoms with E-state index in [0.29, 0.717) is 41.0 Å². The average Bonchev–Trinajstić information content (AvgIpc) is 2.53. The molecule has 0 unspecified atom stereocenters. The van der Waals surface area contributed by atoms with Gasteiger partial charge in [-0.2, -0.15) is 0 Å². The molecule has 0 radical (unpaired) electrons. The van der Waals surface area contributed by atoms with E-state index in [1.165, 1.54) is 0 Å². The number of carbonyl (C=O) groups excluding carboxylic acids is 1. The minimum Gasteiger partial charge on any atom is -0.495 e. The van der Waals surface area contributed by atoms with Crippen LogP contribution in [0.5, 0.6) is 11.5 Å². The molecule has 0 fully saturated rings. The van der Waals surface area contributed by atoms with E-state index < -0.39 is 0 Å². The van der Waals surface area contributed by atoms with Crippen LogP contribution in [-0.4, -0.2) is 19.6 Å². The highest BCUT2D eigenvalue weighted by atomic mass is 16.5. The van der Waals surface area contributed by atoms with Crippen molar-refractivity contribution in [1.82, 2.24) is 0 Å². The molecule has 3 N–H and O–H groups in total. The van der Waals surface area contributed by atoms with Crippen LogP contribution in [0.2, 0.25) is 0 Å². The number of hydrogen-bond acceptors (Lipinski definition) is 4. The van der Waals surface area contributed by atoms with Crippen molar-refractivity contribution >= 4 is 17.3 Å². The van der Waals surface area contributed by atoms with Crippen molar-refractivity contribution in [2.24, 2.45) is 5.92 Å². The third-order valence-electron chi connectivity index (χ3n) is 3.17. The van der Waals surface area contributed by atoms with Crippen molar-refractivity contribution < 1.29 is 14.3 Å². The summed E-state index contributed by atoms with van der Waals surface area (Å²) < 4.78 is 10.7. The maximum Gasteiger partial charge on any atom is 0.255 e. The number of nitrogens with two attached hydrogens (primary N) is 1. The highest BCUT2D eigenvalue weighted by molar-refractivity contribution is 6.04. The summed E-state index contributed by atoms with van der Waals surface area (Å²) in [6, 6.07) is 12.2. The summed E-state index contributed by atoms with van der Waals surface area (Å²) >= 11 is 0. The first kappa shape index (κ1) is 16.7. The van der Waals surface area contributed by atoms with E-state index in [2.05, 4.69) is 19.2 Å². The van der Waals surface area contributed by atoms with Crippen molar-refractivity contribution in [2.45, 2.75) is 13.8 Å². The molecule has 2 rings (SSSR count). The minimum absolute atomic E-state index is 0.218. The molecule has 0 saturated heterocycles. The summed E-state index contributed by atoms with van der Waals surface area (Å²) in [6.45, 7) is 4.76. The average molecular weight is 314 g/mol. The Morgan fingerprint density at radius 2 is 2.00 bits per heavy atom. The van der Waals surface area contributed by atoms with Crippen LogP contribution in [0.4, 0.5) is 11.4 Å². The van der Waals surface area contributed by atoms with E-state index in [1.807, 2.05) is 6.07 Å². The van der Waals surface area contributed by atoms with Gasteiger partial charge in [-0.25, -0.2) is 0 Å². The van der Waals surface area contributed by atoms with E-state index in [9.17, 15) is 4.79 Å². The number of anilines is 2. The number of amides is 1. The van der Waals surface area contributed by atoms with Gasteiger partial charge in [-0.05, 0) is 42.3 Å². The van der Waals surface area contributed by atoms with Gasteiger partial charge in [-0.3, -0.25) is 4.79 Å². The van der Waals surface area contributed by atoms with Crippen LogP contribution in [0.15, 0.2) is 42.5 Å². The summed E-state index contributed by atoms with van der Waals surface area (Å²) in [5, 5.41) is 2.81. The van der Waals surface area contributed by atoms with E-state index in [1.54, 1.807) is 43.5 Å². The van der Waals surface area contributed by atoms with Gasteiger partial charge in [-0.15, -0.1) is 0 Å². The Morgan fingerprint density at radius 1 is 1.22 bits per heavy atom. The largest absolute Gasteiger partial charge is 0.495 e. The Balaban J connectivity index is 2.08. The minimum atomic E-state index is -0.218. The zero-order valence-corrected chi connectivity index (χ0v) is 13.6. The SMILES string of the molecule is COc1ccc(NC(=O)c2cccc(OCC(C)C)c2)cc1N. The van der Waals surface area contributed by atoms with Crippen LogP contribution in [0, 0.1) is 5.92 Å². The number of benzene rings is 2. The van der Waals surface area contributed by atoms with Crippen molar-refractivity contribution in [1.29, 1.82) is 0 Å². The zero-order valence-electron chi connectivity index (χ0n) is 13.6. The van der Waals surface area contributed by atoms with Gasteiger partial charge < -0.3 is 20.5 Å². The number of hydrogen-bond donors (Lipinski definition) is 2. The van der Waals surface area contributed by atoms with Crippen LogP contribution in [-0.2, 0) is 0 Å². The van der Waals surface area contributed by atoms with Gasteiger partial charge in [0.1, 0.15) is 11.5 Å². The molecule has 5 heteroatoms. The molecule has 0 heterocycles. The van der Waals surface area contributed by atoms with E-state index in [4.69, 9.17) is 15.2 Å². The molecular weight excluding hydrogens is 292 g/mol. The van der Waals surface area contributed by atoms with Crippen LogP contribution in [0.3, 0.4) is 0 Å². The van der Waals surface area contributed by atoms with Gasteiger partial charge in [0.2, 0.25) is 0 Å². The van der Waals surface area contributed by atoms with E-state index >= 15 is 0 Å². The van der Waals surface area contributed by atoms with Gasteiger partial charge in [0, 0.05) is 11.3 Å². The Hall–Kier alpha value is -2.69. The molecule has 0 bridgehead atoms. The first-order valence-corrected chi connectivity index (χ1v) is 7.47. The molecule has 0 aliphatic rings. The van der Waals surface area contributed by atoms with Crippen molar-refractivity contribution in [3.8, 4) is 11.5 Å². The summed E-state index contributed by atoms with van der Waals surface area (Å²) in [5.74, 6) is 1.46. The fourth-order valence-corrected chi connectivity index (χ4v) is 2.01. The zero-order chi connectivity index (χ0) is 16.8. The normalized spacial score (nSPS) is 10.4. The number of nitrogen functional groups attached to an aromatic ring is 1. The predicted molar refractivity (Wildman–Crippen MR) is 92.1 cm³/mol. The molecule has 1 amide bonds. The molecule has 122 valence electrons. The van der Waals surface area contributed by atoms with E-state index in [0.717, 1.165) is 0 Å². The third kappa shape index (κ3) is 4.64.